The van der Waals surface area contributed by atoms with Gasteiger partial charge in [0, 0.05) is 24.8 Å². The highest BCUT2D eigenvalue weighted by Crippen LogP contribution is 2.31. The van der Waals surface area contributed by atoms with Crippen molar-refractivity contribution < 1.29 is 4.79 Å². The van der Waals surface area contributed by atoms with Gasteiger partial charge in [0.05, 0.1) is 0 Å². The minimum atomic E-state index is 0.442. The summed E-state index contributed by atoms with van der Waals surface area (Å²) in [6.45, 7) is 6.79. The Balaban J connectivity index is 2.08. The van der Waals surface area contributed by atoms with Gasteiger partial charge in [-0.25, -0.2) is 4.98 Å². The van der Waals surface area contributed by atoms with Crippen molar-refractivity contribution in [2.45, 2.75) is 33.1 Å². The van der Waals surface area contributed by atoms with Crippen molar-refractivity contribution in [2.75, 3.05) is 18.0 Å². The van der Waals surface area contributed by atoms with Crippen molar-refractivity contribution in [2.24, 2.45) is 5.41 Å². The molecule has 0 aromatic carbocycles. The number of hydrogen-bond donors (Lipinski definition) is 0. The van der Waals surface area contributed by atoms with Crippen LogP contribution < -0.4 is 4.90 Å². The fourth-order valence-corrected chi connectivity index (χ4v) is 2.31. The van der Waals surface area contributed by atoms with E-state index in [0.717, 1.165) is 25.2 Å². The van der Waals surface area contributed by atoms with Crippen LogP contribution in [0.2, 0.25) is 0 Å². The summed E-state index contributed by atoms with van der Waals surface area (Å²) in [6.07, 6.45) is 6.17. The Morgan fingerprint density at radius 1 is 1.29 bits per heavy atom. The largest absolute Gasteiger partial charge is 0.357 e. The van der Waals surface area contributed by atoms with Crippen molar-refractivity contribution in [3.05, 3.63) is 23.9 Å². The monoisotopic (exact) mass is 232 g/mol. The van der Waals surface area contributed by atoms with E-state index in [1.165, 1.54) is 19.3 Å². The first-order valence-electron chi connectivity index (χ1n) is 6.27. The van der Waals surface area contributed by atoms with Crippen LogP contribution in [0.5, 0.6) is 0 Å². The molecule has 0 atom stereocenters. The SMILES string of the molecule is CC1(C)CCCN(c2ccc(C=O)cn2)CC1. The van der Waals surface area contributed by atoms with Crippen LogP contribution in [0.15, 0.2) is 18.3 Å². The highest BCUT2D eigenvalue weighted by atomic mass is 16.1. The van der Waals surface area contributed by atoms with E-state index < -0.39 is 0 Å². The van der Waals surface area contributed by atoms with Gasteiger partial charge in [0.15, 0.2) is 6.29 Å². The molecule has 1 fully saturated rings. The fourth-order valence-electron chi connectivity index (χ4n) is 2.31. The quantitative estimate of drug-likeness (QED) is 0.735. The molecule has 1 aliphatic rings. The zero-order valence-electron chi connectivity index (χ0n) is 10.6. The van der Waals surface area contributed by atoms with Crippen molar-refractivity contribution >= 4 is 12.1 Å². The molecule has 3 heteroatoms. The van der Waals surface area contributed by atoms with Crippen molar-refractivity contribution in [1.82, 2.24) is 4.98 Å². The third-order valence-corrected chi connectivity index (χ3v) is 3.57. The molecule has 0 unspecified atom stereocenters. The van der Waals surface area contributed by atoms with E-state index in [1.807, 2.05) is 12.1 Å². The number of anilines is 1. The lowest BCUT2D eigenvalue weighted by Crippen LogP contribution is -2.25. The maximum Gasteiger partial charge on any atom is 0.151 e. The first kappa shape index (κ1) is 12.1. The molecule has 0 radical (unpaired) electrons. The number of hydrogen-bond acceptors (Lipinski definition) is 3. The summed E-state index contributed by atoms with van der Waals surface area (Å²) in [5, 5.41) is 0. The summed E-state index contributed by atoms with van der Waals surface area (Å²) >= 11 is 0. The average Bonchev–Trinajstić information content (AvgIpc) is 2.50. The summed E-state index contributed by atoms with van der Waals surface area (Å²) in [5.41, 5.74) is 1.08. The number of rotatable bonds is 2. The molecule has 1 aromatic heterocycles. The molecular weight excluding hydrogens is 212 g/mol. The van der Waals surface area contributed by atoms with Crippen LogP contribution in [0.1, 0.15) is 43.5 Å². The molecule has 2 heterocycles. The second-order valence-corrected chi connectivity index (χ2v) is 5.57. The molecule has 0 saturated carbocycles. The molecule has 1 aliphatic heterocycles. The maximum atomic E-state index is 10.6. The Hall–Kier alpha value is -1.38. The Morgan fingerprint density at radius 3 is 2.76 bits per heavy atom. The second kappa shape index (κ2) is 4.86. The molecule has 3 nitrogen and oxygen atoms in total. The van der Waals surface area contributed by atoms with Crippen LogP contribution in [0, 0.1) is 5.41 Å². The molecule has 92 valence electrons. The number of carbonyl (C=O) groups is 1. The minimum Gasteiger partial charge on any atom is -0.357 e. The van der Waals surface area contributed by atoms with E-state index in [4.69, 9.17) is 0 Å². The fraction of sp³-hybridized carbons (Fsp3) is 0.571. The lowest BCUT2D eigenvalue weighted by Gasteiger charge is -2.24. The van der Waals surface area contributed by atoms with E-state index in [-0.39, 0.29) is 0 Å². The number of aromatic nitrogens is 1. The smallest absolute Gasteiger partial charge is 0.151 e. The first-order chi connectivity index (χ1) is 8.11. The van der Waals surface area contributed by atoms with Crippen LogP contribution in [-0.4, -0.2) is 24.4 Å². The predicted octanol–water partition coefficient (Wildman–Crippen LogP) is 2.91. The number of aldehydes is 1. The third kappa shape index (κ3) is 3.05. The summed E-state index contributed by atoms with van der Waals surface area (Å²) in [6, 6.07) is 3.79. The highest BCUT2D eigenvalue weighted by molar-refractivity contribution is 5.74. The van der Waals surface area contributed by atoms with Crippen LogP contribution >= 0.6 is 0 Å². The van der Waals surface area contributed by atoms with E-state index >= 15 is 0 Å². The van der Waals surface area contributed by atoms with E-state index in [9.17, 15) is 4.79 Å². The average molecular weight is 232 g/mol. The molecule has 0 spiro atoms. The Kier molecular flexibility index (Phi) is 3.46. The van der Waals surface area contributed by atoms with Crippen LogP contribution in [-0.2, 0) is 0 Å². The molecular formula is C14H20N2O. The van der Waals surface area contributed by atoms with Gasteiger partial charge in [0.1, 0.15) is 5.82 Å². The molecule has 0 amide bonds. The third-order valence-electron chi connectivity index (χ3n) is 3.57. The van der Waals surface area contributed by atoms with E-state index in [0.29, 0.717) is 11.0 Å². The molecule has 0 aliphatic carbocycles. The summed E-state index contributed by atoms with van der Waals surface area (Å²) in [5.74, 6) is 0.994. The normalized spacial score (nSPS) is 19.8. The molecule has 17 heavy (non-hydrogen) atoms. The molecule has 0 bridgehead atoms. The predicted molar refractivity (Wildman–Crippen MR) is 69.5 cm³/mol. The van der Waals surface area contributed by atoms with Crippen LogP contribution in [0.4, 0.5) is 5.82 Å². The Bertz CT molecular complexity index is 384. The van der Waals surface area contributed by atoms with Crippen LogP contribution in [0.3, 0.4) is 0 Å². The standard InChI is InChI=1S/C14H20N2O/c1-14(2)6-3-8-16(9-7-14)13-5-4-12(11-17)10-15-13/h4-5,10-11H,3,6-9H2,1-2H3. The maximum absolute atomic E-state index is 10.6. The van der Waals surface area contributed by atoms with Crippen molar-refractivity contribution in [3.8, 4) is 0 Å². The topological polar surface area (TPSA) is 33.2 Å². The summed E-state index contributed by atoms with van der Waals surface area (Å²) in [7, 11) is 0. The summed E-state index contributed by atoms with van der Waals surface area (Å²) in [4.78, 5) is 17.3. The summed E-state index contributed by atoms with van der Waals surface area (Å²) < 4.78 is 0. The second-order valence-electron chi connectivity index (χ2n) is 5.57. The minimum absolute atomic E-state index is 0.442. The van der Waals surface area contributed by atoms with Gasteiger partial charge in [-0.2, -0.15) is 0 Å². The lowest BCUT2D eigenvalue weighted by molar-refractivity contribution is 0.112. The van der Waals surface area contributed by atoms with E-state index in [1.54, 1.807) is 6.20 Å². The van der Waals surface area contributed by atoms with Gasteiger partial charge in [-0.3, -0.25) is 4.79 Å². The lowest BCUT2D eigenvalue weighted by atomic mass is 9.85. The van der Waals surface area contributed by atoms with Crippen LogP contribution in [0.25, 0.3) is 0 Å². The zero-order valence-corrected chi connectivity index (χ0v) is 10.6. The van der Waals surface area contributed by atoms with Gasteiger partial charge in [0.25, 0.3) is 0 Å². The van der Waals surface area contributed by atoms with Gasteiger partial charge in [-0.15, -0.1) is 0 Å². The molecule has 0 N–H and O–H groups in total. The zero-order chi connectivity index (χ0) is 12.3. The molecule has 2 rings (SSSR count). The first-order valence-corrected chi connectivity index (χ1v) is 6.27. The molecule has 1 aromatic rings. The number of carbonyl (C=O) groups excluding carboxylic acids is 1. The highest BCUT2D eigenvalue weighted by Gasteiger charge is 2.23. The molecule has 1 saturated heterocycles. The number of nitrogens with zero attached hydrogens (tertiary/aromatic N) is 2. The van der Waals surface area contributed by atoms with Gasteiger partial charge in [0.2, 0.25) is 0 Å². The van der Waals surface area contributed by atoms with E-state index in [2.05, 4.69) is 23.7 Å². The van der Waals surface area contributed by atoms with Gasteiger partial charge in [-0.05, 0) is 36.8 Å². The Labute approximate surface area is 103 Å². The number of pyridine rings is 1. The Morgan fingerprint density at radius 2 is 2.12 bits per heavy atom. The van der Waals surface area contributed by atoms with Crippen molar-refractivity contribution in [1.29, 1.82) is 0 Å². The van der Waals surface area contributed by atoms with Gasteiger partial charge >= 0.3 is 0 Å². The van der Waals surface area contributed by atoms with Gasteiger partial charge < -0.3 is 4.90 Å². The van der Waals surface area contributed by atoms with Crippen molar-refractivity contribution in [3.63, 3.8) is 0 Å². The van der Waals surface area contributed by atoms with Gasteiger partial charge in [-0.1, -0.05) is 13.8 Å².